The molecule has 0 saturated heterocycles. The minimum absolute atomic E-state index is 0. The first-order valence-electron chi connectivity index (χ1n) is 19.1. The number of rotatable bonds is 6. The topological polar surface area (TPSA) is 25.8 Å². The van der Waals surface area contributed by atoms with Crippen molar-refractivity contribution in [2.24, 2.45) is 0 Å². The molecule has 0 unspecified atom stereocenters. The molecule has 0 aliphatic rings. The Morgan fingerprint density at radius 3 is 2.17 bits per heavy atom. The summed E-state index contributed by atoms with van der Waals surface area (Å²) in [7, 11) is 0. The van der Waals surface area contributed by atoms with Crippen LogP contribution in [-0.2, 0) is 20.1 Å². The molecule has 52 heavy (non-hydrogen) atoms. The SMILES string of the molecule is [2H]C([2H])([2H])c1ccc(-c2cccc3c2sc2c(-c4cc(C([2H])(C)C)ccn4)[c-]ccc23)cc1.[CH3][Ge]([CH3])([CH3])[c]1ccc(-c2[c-]ccc(-c3ccccc3)c2)nc1.[Ir]. The van der Waals surface area contributed by atoms with Crippen molar-refractivity contribution in [2.45, 2.75) is 43.9 Å². The van der Waals surface area contributed by atoms with Crippen molar-refractivity contribution in [1.29, 1.82) is 0 Å². The van der Waals surface area contributed by atoms with Crippen LogP contribution in [0.3, 0.4) is 0 Å². The Hall–Kier alpha value is -4.19. The van der Waals surface area contributed by atoms with Gasteiger partial charge in [0.2, 0.25) is 0 Å². The Kier molecular flexibility index (Phi) is 10.1. The molecule has 0 bridgehead atoms. The minimum Gasteiger partial charge on any atom is 0 e. The predicted octanol–water partition coefficient (Wildman–Crippen LogP) is 12.8. The van der Waals surface area contributed by atoms with Gasteiger partial charge >= 0.3 is 135 Å². The Labute approximate surface area is 334 Å². The standard InChI is InChI=1S/C27H22NS.C20H20GeN.Ir/c1-17(2)20-14-15-28-25(16-20)24-9-5-8-23-22-7-4-6-21(26(22)29-27(23)24)19-12-10-18(3)11-13-19;1-21(2,3)19-12-13-20(22-15-19)18-11-7-10-17(14-18)16-8-5-4-6-9-16;/h4-8,10-17H,1-3H3;4-10,12-15H,1-3H3;/q2*-1;/i3D3,17D;;. The van der Waals surface area contributed by atoms with Crippen molar-refractivity contribution < 1.29 is 25.6 Å². The molecule has 0 aliphatic carbocycles. The summed E-state index contributed by atoms with van der Waals surface area (Å²) < 4.78 is 34.9. The summed E-state index contributed by atoms with van der Waals surface area (Å²) in [5.41, 5.74) is 9.53. The molecule has 5 aromatic carbocycles. The van der Waals surface area contributed by atoms with Crippen LogP contribution in [0.4, 0.5) is 0 Å². The van der Waals surface area contributed by atoms with Gasteiger partial charge in [-0.05, 0) is 45.7 Å². The Morgan fingerprint density at radius 2 is 1.46 bits per heavy atom. The zero-order valence-corrected chi connectivity index (χ0v) is 35.2. The molecule has 0 saturated carbocycles. The molecule has 3 aromatic heterocycles. The first kappa shape index (κ1) is 32.5. The van der Waals surface area contributed by atoms with Crippen molar-refractivity contribution in [3.05, 3.63) is 163 Å². The van der Waals surface area contributed by atoms with Crippen LogP contribution in [0, 0.1) is 19.0 Å². The van der Waals surface area contributed by atoms with Gasteiger partial charge in [-0.2, -0.15) is 11.3 Å². The number of hydrogen-bond acceptors (Lipinski definition) is 3. The van der Waals surface area contributed by atoms with Gasteiger partial charge in [-0.1, -0.05) is 78.9 Å². The van der Waals surface area contributed by atoms with Crippen LogP contribution in [0.25, 0.3) is 64.9 Å². The average Bonchev–Trinajstić information content (AvgIpc) is 3.57. The molecule has 0 amide bonds. The van der Waals surface area contributed by atoms with E-state index in [1.165, 1.54) is 15.5 Å². The number of aromatic nitrogens is 2. The number of fused-ring (bicyclic) bond motifs is 3. The first-order chi connectivity index (χ1) is 26.2. The Morgan fingerprint density at radius 1 is 0.692 bits per heavy atom. The third-order valence-corrected chi connectivity index (χ3v) is 14.6. The van der Waals surface area contributed by atoms with Crippen molar-refractivity contribution in [1.82, 2.24) is 9.97 Å². The zero-order valence-electron chi connectivity index (χ0n) is 33.9. The number of thiophene rings is 1. The Balaban J connectivity index is 0.000000202. The molecule has 0 fully saturated rings. The second kappa shape index (κ2) is 16.2. The maximum atomic E-state index is 8.39. The van der Waals surface area contributed by atoms with Crippen LogP contribution in [0.15, 0.2) is 140 Å². The number of hydrogen-bond donors (Lipinski definition) is 0. The molecule has 5 heteroatoms. The van der Waals surface area contributed by atoms with E-state index in [1.54, 1.807) is 29.7 Å². The largest absolute Gasteiger partial charge is 0 e. The molecular weight excluding hydrogens is 889 g/mol. The van der Waals surface area contributed by atoms with Gasteiger partial charge < -0.3 is 4.98 Å². The molecule has 0 spiro atoms. The van der Waals surface area contributed by atoms with E-state index >= 15 is 0 Å². The van der Waals surface area contributed by atoms with Gasteiger partial charge in [0.15, 0.2) is 0 Å². The van der Waals surface area contributed by atoms with Crippen molar-refractivity contribution >= 4 is 49.2 Å². The molecule has 0 N–H and O–H groups in total. The first-order valence-corrected chi connectivity index (χ1v) is 25.3. The van der Waals surface area contributed by atoms with E-state index < -0.39 is 26.0 Å². The van der Waals surface area contributed by atoms with Crippen LogP contribution in [-0.4, -0.2) is 23.2 Å². The van der Waals surface area contributed by atoms with E-state index in [4.69, 9.17) is 5.48 Å². The van der Waals surface area contributed by atoms with Crippen molar-refractivity contribution in [2.75, 3.05) is 0 Å². The van der Waals surface area contributed by atoms with Crippen LogP contribution in [0.5, 0.6) is 0 Å². The van der Waals surface area contributed by atoms with Gasteiger partial charge in [-0.15, -0.1) is 23.8 Å². The summed E-state index contributed by atoms with van der Waals surface area (Å²) in [4.78, 5) is 9.26. The number of aryl methyl sites for hydroxylation is 1. The van der Waals surface area contributed by atoms with Gasteiger partial charge in [0.25, 0.3) is 0 Å². The summed E-state index contributed by atoms with van der Waals surface area (Å²) in [6.07, 6.45) is 3.82. The molecule has 1 radical (unpaired) electrons. The fraction of sp³-hybridized carbons (Fsp3) is 0.149. The third kappa shape index (κ3) is 8.22. The molecule has 2 nitrogen and oxygen atoms in total. The zero-order chi connectivity index (χ0) is 39.0. The van der Waals surface area contributed by atoms with E-state index in [0.29, 0.717) is 5.56 Å². The smallest absolute Gasteiger partial charge is 0 e. The second-order valence-electron chi connectivity index (χ2n) is 13.9. The fourth-order valence-corrected chi connectivity index (χ4v) is 9.64. The van der Waals surface area contributed by atoms with Crippen molar-refractivity contribution in [3.63, 3.8) is 0 Å². The molecular formula is C47H42GeIrN2S-2. The monoisotopic (exact) mass is 937 g/mol. The Bertz CT molecular complexity index is 2590. The van der Waals surface area contributed by atoms with Crippen LogP contribution >= 0.6 is 11.3 Å². The number of nitrogens with zero attached hydrogens (tertiary/aromatic N) is 2. The maximum Gasteiger partial charge on any atom is 0 e. The van der Waals surface area contributed by atoms with E-state index in [2.05, 4.69) is 112 Å². The van der Waals surface area contributed by atoms with Crippen LogP contribution in [0.1, 0.15) is 36.4 Å². The van der Waals surface area contributed by atoms with Crippen molar-refractivity contribution in [3.8, 4) is 44.8 Å². The molecule has 0 atom stereocenters. The average molecular weight is 936 g/mol. The van der Waals surface area contributed by atoms with Gasteiger partial charge in [0.05, 0.1) is 0 Å². The van der Waals surface area contributed by atoms with E-state index in [-0.39, 0.29) is 20.1 Å². The van der Waals surface area contributed by atoms with E-state index in [9.17, 15) is 0 Å². The van der Waals surface area contributed by atoms with Crippen LogP contribution < -0.4 is 4.40 Å². The molecule has 0 aliphatic heterocycles. The minimum atomic E-state index is -2.11. The fourth-order valence-electron chi connectivity index (χ4n) is 6.13. The molecule has 8 rings (SSSR count). The normalized spacial score (nSPS) is 12.9. The number of pyridine rings is 2. The summed E-state index contributed by atoms with van der Waals surface area (Å²) in [6, 6.07) is 49.0. The van der Waals surface area contributed by atoms with Gasteiger partial charge in [-0.25, -0.2) is 0 Å². The van der Waals surface area contributed by atoms with Gasteiger partial charge in [0, 0.05) is 36.5 Å². The summed E-state index contributed by atoms with van der Waals surface area (Å²) in [5, 5.41) is 2.29. The van der Waals surface area contributed by atoms with E-state index in [0.717, 1.165) is 59.4 Å². The quantitative estimate of drug-likeness (QED) is 0.123. The number of benzene rings is 5. The third-order valence-electron chi connectivity index (χ3n) is 9.06. The molecule has 3 heterocycles. The molecule has 8 aromatic rings. The van der Waals surface area contributed by atoms with Crippen LogP contribution in [0.2, 0.25) is 17.3 Å². The van der Waals surface area contributed by atoms with E-state index in [1.807, 2.05) is 62.4 Å². The van der Waals surface area contributed by atoms with Gasteiger partial charge in [-0.3, -0.25) is 0 Å². The summed E-state index contributed by atoms with van der Waals surface area (Å²) in [6.45, 7) is 1.64. The second-order valence-corrected chi connectivity index (χ2v) is 25.6. The summed E-state index contributed by atoms with van der Waals surface area (Å²) in [5.74, 6) is 6.45. The maximum absolute atomic E-state index is 8.39. The molecule has 261 valence electrons. The van der Waals surface area contributed by atoms with Gasteiger partial charge in [0.1, 0.15) is 0 Å². The predicted molar refractivity (Wildman–Crippen MR) is 223 cm³/mol. The summed E-state index contributed by atoms with van der Waals surface area (Å²) >= 11 is -0.0919.